The first-order valence-corrected chi connectivity index (χ1v) is 5.05. The number of ether oxygens (including phenoxy) is 3. The summed E-state index contributed by atoms with van der Waals surface area (Å²) in [5.74, 6) is 0. The lowest BCUT2D eigenvalue weighted by Gasteiger charge is -2.11. The van der Waals surface area contributed by atoms with E-state index in [0.29, 0.717) is 13.2 Å². The predicted octanol–water partition coefficient (Wildman–Crippen LogP) is 0.827. The van der Waals surface area contributed by atoms with Crippen LogP contribution in [0.15, 0.2) is 0 Å². The number of aliphatic hydroxyl groups excluding tert-OH is 1. The van der Waals surface area contributed by atoms with Crippen molar-refractivity contribution in [2.75, 3.05) is 40.6 Å². The Morgan fingerprint density at radius 3 is 2.43 bits per heavy atom. The van der Waals surface area contributed by atoms with Gasteiger partial charge in [0.25, 0.3) is 0 Å². The zero-order chi connectivity index (χ0) is 10.6. The van der Waals surface area contributed by atoms with Gasteiger partial charge in [0, 0.05) is 20.8 Å². The topological polar surface area (TPSA) is 47.9 Å². The SMILES string of the molecule is COCCOCCCCC(CO)OC. The molecule has 0 aliphatic carbocycles. The summed E-state index contributed by atoms with van der Waals surface area (Å²) in [6.45, 7) is 2.16. The van der Waals surface area contributed by atoms with Crippen molar-refractivity contribution in [2.45, 2.75) is 25.4 Å². The molecule has 86 valence electrons. The zero-order valence-corrected chi connectivity index (χ0v) is 9.20. The third-order valence-electron chi connectivity index (χ3n) is 2.03. The molecule has 0 saturated heterocycles. The Morgan fingerprint density at radius 2 is 1.86 bits per heavy atom. The Kier molecular flexibility index (Phi) is 10.8. The molecule has 1 N–H and O–H groups in total. The van der Waals surface area contributed by atoms with E-state index in [1.54, 1.807) is 14.2 Å². The molecule has 0 saturated carbocycles. The van der Waals surface area contributed by atoms with Gasteiger partial charge in [0.15, 0.2) is 0 Å². The first-order chi connectivity index (χ1) is 6.85. The third kappa shape index (κ3) is 8.44. The van der Waals surface area contributed by atoms with E-state index in [4.69, 9.17) is 19.3 Å². The molecule has 14 heavy (non-hydrogen) atoms. The van der Waals surface area contributed by atoms with Crippen LogP contribution < -0.4 is 0 Å². The summed E-state index contributed by atoms with van der Waals surface area (Å²) in [5, 5.41) is 8.83. The number of hydrogen-bond donors (Lipinski definition) is 1. The molecule has 0 aromatic heterocycles. The second-order valence-corrected chi connectivity index (χ2v) is 3.14. The summed E-state index contributed by atoms with van der Waals surface area (Å²) in [6, 6.07) is 0. The average Bonchev–Trinajstić information content (AvgIpc) is 2.22. The Hall–Kier alpha value is -0.160. The molecular formula is C10H22O4. The lowest BCUT2D eigenvalue weighted by molar-refractivity contribution is 0.0367. The minimum atomic E-state index is -0.0195. The van der Waals surface area contributed by atoms with Crippen LogP contribution in [0.1, 0.15) is 19.3 Å². The van der Waals surface area contributed by atoms with Crippen molar-refractivity contribution in [3.8, 4) is 0 Å². The summed E-state index contributed by atoms with van der Waals surface area (Å²) in [4.78, 5) is 0. The van der Waals surface area contributed by atoms with Crippen molar-refractivity contribution in [3.63, 3.8) is 0 Å². The van der Waals surface area contributed by atoms with Gasteiger partial charge in [0.1, 0.15) is 0 Å². The highest BCUT2D eigenvalue weighted by molar-refractivity contribution is 4.54. The van der Waals surface area contributed by atoms with Gasteiger partial charge in [-0.15, -0.1) is 0 Å². The molecule has 4 heteroatoms. The standard InChI is InChI=1S/C10H22O4/c1-12-7-8-14-6-4-3-5-10(9-11)13-2/h10-11H,3-9H2,1-2H3. The summed E-state index contributed by atoms with van der Waals surface area (Å²) in [6.07, 6.45) is 2.89. The second-order valence-electron chi connectivity index (χ2n) is 3.14. The molecule has 0 amide bonds. The molecule has 4 nitrogen and oxygen atoms in total. The molecule has 0 fully saturated rings. The Labute approximate surface area is 86.2 Å². The van der Waals surface area contributed by atoms with Gasteiger partial charge in [-0.1, -0.05) is 0 Å². The number of rotatable bonds is 10. The maximum Gasteiger partial charge on any atom is 0.0802 e. The Morgan fingerprint density at radius 1 is 1.07 bits per heavy atom. The van der Waals surface area contributed by atoms with Crippen LogP contribution >= 0.6 is 0 Å². The number of unbranched alkanes of at least 4 members (excludes halogenated alkanes) is 1. The largest absolute Gasteiger partial charge is 0.394 e. The van der Waals surface area contributed by atoms with Crippen molar-refractivity contribution in [1.82, 2.24) is 0 Å². The van der Waals surface area contributed by atoms with E-state index in [9.17, 15) is 0 Å². The van der Waals surface area contributed by atoms with Gasteiger partial charge in [-0.3, -0.25) is 0 Å². The highest BCUT2D eigenvalue weighted by Crippen LogP contribution is 2.03. The van der Waals surface area contributed by atoms with Crippen LogP contribution in [0.5, 0.6) is 0 Å². The van der Waals surface area contributed by atoms with Crippen molar-refractivity contribution in [2.24, 2.45) is 0 Å². The van der Waals surface area contributed by atoms with Crippen LogP contribution in [-0.2, 0) is 14.2 Å². The summed E-state index contributed by atoms with van der Waals surface area (Å²) < 4.78 is 15.2. The van der Waals surface area contributed by atoms with Crippen LogP contribution in [-0.4, -0.2) is 51.9 Å². The highest BCUT2D eigenvalue weighted by atomic mass is 16.5. The maximum absolute atomic E-state index is 8.83. The molecule has 0 aromatic carbocycles. The van der Waals surface area contributed by atoms with E-state index in [-0.39, 0.29) is 12.7 Å². The molecule has 0 heterocycles. The molecule has 0 aliphatic heterocycles. The van der Waals surface area contributed by atoms with Crippen molar-refractivity contribution in [3.05, 3.63) is 0 Å². The fourth-order valence-corrected chi connectivity index (χ4v) is 1.10. The molecule has 0 radical (unpaired) electrons. The van der Waals surface area contributed by atoms with Crippen LogP contribution in [0.25, 0.3) is 0 Å². The zero-order valence-electron chi connectivity index (χ0n) is 9.20. The lowest BCUT2D eigenvalue weighted by Crippen LogP contribution is -2.15. The Balaban J connectivity index is 3.04. The van der Waals surface area contributed by atoms with Crippen LogP contribution in [0.4, 0.5) is 0 Å². The van der Waals surface area contributed by atoms with Crippen LogP contribution in [0, 0.1) is 0 Å². The minimum Gasteiger partial charge on any atom is -0.394 e. The molecule has 0 aromatic rings. The predicted molar refractivity (Wildman–Crippen MR) is 54.4 cm³/mol. The van der Waals surface area contributed by atoms with Gasteiger partial charge in [0.05, 0.1) is 25.9 Å². The molecule has 0 aliphatic rings. The summed E-state index contributed by atoms with van der Waals surface area (Å²) in [7, 11) is 3.28. The van der Waals surface area contributed by atoms with Crippen molar-refractivity contribution in [1.29, 1.82) is 0 Å². The average molecular weight is 206 g/mol. The fraction of sp³-hybridized carbons (Fsp3) is 1.00. The highest BCUT2D eigenvalue weighted by Gasteiger charge is 2.03. The molecule has 0 rings (SSSR count). The fourth-order valence-electron chi connectivity index (χ4n) is 1.10. The molecule has 0 bridgehead atoms. The lowest BCUT2D eigenvalue weighted by atomic mass is 10.2. The van der Waals surface area contributed by atoms with Crippen LogP contribution in [0.3, 0.4) is 0 Å². The van der Waals surface area contributed by atoms with Gasteiger partial charge in [-0.25, -0.2) is 0 Å². The summed E-state index contributed by atoms with van der Waals surface area (Å²) >= 11 is 0. The van der Waals surface area contributed by atoms with E-state index < -0.39 is 0 Å². The van der Waals surface area contributed by atoms with Gasteiger partial charge in [-0.05, 0) is 19.3 Å². The van der Waals surface area contributed by atoms with Gasteiger partial charge >= 0.3 is 0 Å². The Bertz CT molecular complexity index is 104. The van der Waals surface area contributed by atoms with Crippen molar-refractivity contribution >= 4 is 0 Å². The molecule has 1 unspecified atom stereocenters. The number of methoxy groups -OCH3 is 2. The van der Waals surface area contributed by atoms with Gasteiger partial charge in [0.2, 0.25) is 0 Å². The van der Waals surface area contributed by atoms with Gasteiger partial charge in [-0.2, -0.15) is 0 Å². The second kappa shape index (κ2) is 10.9. The summed E-state index contributed by atoms with van der Waals surface area (Å²) in [5.41, 5.74) is 0. The normalized spacial score (nSPS) is 13.1. The minimum absolute atomic E-state index is 0.0195. The molecule has 0 spiro atoms. The first-order valence-electron chi connectivity index (χ1n) is 5.05. The number of aliphatic hydroxyl groups is 1. The smallest absolute Gasteiger partial charge is 0.0802 e. The van der Waals surface area contributed by atoms with Gasteiger partial charge < -0.3 is 19.3 Å². The first kappa shape index (κ1) is 13.8. The monoisotopic (exact) mass is 206 g/mol. The van der Waals surface area contributed by atoms with E-state index in [1.807, 2.05) is 0 Å². The molecule has 1 atom stereocenters. The number of hydrogen-bond acceptors (Lipinski definition) is 4. The van der Waals surface area contributed by atoms with Crippen LogP contribution in [0.2, 0.25) is 0 Å². The quantitative estimate of drug-likeness (QED) is 0.538. The third-order valence-corrected chi connectivity index (χ3v) is 2.03. The van der Waals surface area contributed by atoms with Crippen molar-refractivity contribution < 1.29 is 19.3 Å². The maximum atomic E-state index is 8.83. The van der Waals surface area contributed by atoms with E-state index in [2.05, 4.69) is 0 Å². The van der Waals surface area contributed by atoms with E-state index in [0.717, 1.165) is 25.9 Å². The molecular weight excluding hydrogens is 184 g/mol. The van der Waals surface area contributed by atoms with E-state index >= 15 is 0 Å². The van der Waals surface area contributed by atoms with E-state index in [1.165, 1.54) is 0 Å².